The highest BCUT2D eigenvalue weighted by molar-refractivity contribution is 5.87. The van der Waals surface area contributed by atoms with Gasteiger partial charge in [-0.2, -0.15) is 0 Å². The molecular formula is C27H38N2O4. The maximum absolute atomic E-state index is 13.3. The van der Waals surface area contributed by atoms with E-state index in [0.717, 1.165) is 23.5 Å². The second-order valence-electron chi connectivity index (χ2n) is 8.38. The summed E-state index contributed by atoms with van der Waals surface area (Å²) >= 11 is 0. The van der Waals surface area contributed by atoms with E-state index in [2.05, 4.69) is 5.32 Å². The molecule has 1 N–H and O–H groups in total. The number of nitrogens with one attached hydrogen (secondary N) is 1. The van der Waals surface area contributed by atoms with Gasteiger partial charge in [0.05, 0.1) is 13.7 Å². The van der Waals surface area contributed by atoms with Crippen molar-refractivity contribution in [2.75, 3.05) is 13.7 Å². The van der Waals surface area contributed by atoms with Crippen LogP contribution >= 0.6 is 0 Å². The molecule has 0 bridgehead atoms. The van der Waals surface area contributed by atoms with Gasteiger partial charge in [-0.15, -0.1) is 0 Å². The van der Waals surface area contributed by atoms with Crippen molar-refractivity contribution in [3.63, 3.8) is 0 Å². The fraction of sp³-hybridized carbons (Fsp3) is 0.481. The van der Waals surface area contributed by atoms with E-state index in [0.29, 0.717) is 32.4 Å². The fourth-order valence-electron chi connectivity index (χ4n) is 3.48. The summed E-state index contributed by atoms with van der Waals surface area (Å²) in [5, 5.41) is 3.04. The van der Waals surface area contributed by atoms with Crippen LogP contribution in [-0.2, 0) is 16.1 Å². The van der Waals surface area contributed by atoms with E-state index < -0.39 is 6.04 Å². The van der Waals surface area contributed by atoms with Gasteiger partial charge in [-0.3, -0.25) is 9.59 Å². The van der Waals surface area contributed by atoms with Crippen LogP contribution in [0.5, 0.6) is 11.5 Å². The molecule has 0 spiro atoms. The lowest BCUT2D eigenvalue weighted by Gasteiger charge is -2.31. The highest BCUT2D eigenvalue weighted by Gasteiger charge is 2.28. The van der Waals surface area contributed by atoms with Crippen molar-refractivity contribution in [1.29, 1.82) is 0 Å². The third-order valence-corrected chi connectivity index (χ3v) is 5.72. The first-order valence-corrected chi connectivity index (χ1v) is 11.8. The van der Waals surface area contributed by atoms with Gasteiger partial charge in [0.25, 0.3) is 0 Å². The average Bonchev–Trinajstić information content (AvgIpc) is 2.82. The van der Waals surface area contributed by atoms with Gasteiger partial charge in [0.15, 0.2) is 0 Å². The largest absolute Gasteiger partial charge is 0.497 e. The van der Waals surface area contributed by atoms with Gasteiger partial charge in [0.2, 0.25) is 11.8 Å². The Morgan fingerprint density at radius 1 is 0.970 bits per heavy atom. The van der Waals surface area contributed by atoms with E-state index in [4.69, 9.17) is 9.47 Å². The number of amides is 2. The Kier molecular flexibility index (Phi) is 10.7. The summed E-state index contributed by atoms with van der Waals surface area (Å²) in [6.07, 6.45) is 2.28. The molecule has 6 nitrogen and oxygen atoms in total. The van der Waals surface area contributed by atoms with Gasteiger partial charge in [0.1, 0.15) is 17.5 Å². The highest BCUT2D eigenvalue weighted by atomic mass is 16.5. The van der Waals surface area contributed by atoms with E-state index in [1.54, 1.807) is 12.0 Å². The van der Waals surface area contributed by atoms with Gasteiger partial charge in [-0.05, 0) is 62.9 Å². The Morgan fingerprint density at radius 3 is 2.18 bits per heavy atom. The molecule has 2 aromatic rings. The van der Waals surface area contributed by atoms with Gasteiger partial charge < -0.3 is 19.7 Å². The van der Waals surface area contributed by atoms with Crippen molar-refractivity contribution in [1.82, 2.24) is 10.2 Å². The molecule has 2 aromatic carbocycles. The normalized spacial score (nSPS) is 12.5. The molecule has 0 heterocycles. The van der Waals surface area contributed by atoms with E-state index in [9.17, 15) is 9.59 Å². The summed E-state index contributed by atoms with van der Waals surface area (Å²) in [4.78, 5) is 27.9. The second-order valence-corrected chi connectivity index (χ2v) is 8.38. The molecule has 2 atom stereocenters. The Hall–Kier alpha value is -3.02. The first-order valence-electron chi connectivity index (χ1n) is 11.8. The number of ether oxygens (including phenoxy) is 2. The maximum Gasteiger partial charge on any atom is 0.243 e. The van der Waals surface area contributed by atoms with Crippen LogP contribution in [0.4, 0.5) is 0 Å². The molecule has 0 aromatic heterocycles. The maximum atomic E-state index is 13.3. The molecule has 0 saturated heterocycles. The molecule has 0 unspecified atom stereocenters. The summed E-state index contributed by atoms with van der Waals surface area (Å²) < 4.78 is 11.0. The van der Waals surface area contributed by atoms with Gasteiger partial charge >= 0.3 is 0 Å². The lowest BCUT2D eigenvalue weighted by atomic mass is 10.1. The van der Waals surface area contributed by atoms with E-state index in [1.807, 2.05) is 76.2 Å². The van der Waals surface area contributed by atoms with Crippen molar-refractivity contribution in [2.24, 2.45) is 0 Å². The van der Waals surface area contributed by atoms with Crippen LogP contribution < -0.4 is 14.8 Å². The highest BCUT2D eigenvalue weighted by Crippen LogP contribution is 2.18. The van der Waals surface area contributed by atoms with E-state index >= 15 is 0 Å². The van der Waals surface area contributed by atoms with Crippen LogP contribution in [0.25, 0.3) is 0 Å². The summed E-state index contributed by atoms with van der Waals surface area (Å²) in [5.41, 5.74) is 2.13. The molecule has 0 radical (unpaired) electrons. The number of hydrogen-bond donors (Lipinski definition) is 1. The lowest BCUT2D eigenvalue weighted by Crippen LogP contribution is -2.50. The zero-order valence-electron chi connectivity index (χ0n) is 20.6. The third kappa shape index (κ3) is 8.44. The molecule has 0 aliphatic heterocycles. The molecule has 2 rings (SSSR count). The molecule has 0 saturated carbocycles. The van der Waals surface area contributed by atoms with Gasteiger partial charge in [0, 0.05) is 19.0 Å². The first kappa shape index (κ1) is 26.2. The number of carbonyl (C=O) groups is 2. The van der Waals surface area contributed by atoms with E-state index in [-0.39, 0.29) is 17.9 Å². The summed E-state index contributed by atoms with van der Waals surface area (Å²) in [6.45, 7) is 8.79. The zero-order valence-corrected chi connectivity index (χ0v) is 20.6. The van der Waals surface area contributed by atoms with Crippen LogP contribution in [0, 0.1) is 6.92 Å². The van der Waals surface area contributed by atoms with Gasteiger partial charge in [-0.25, -0.2) is 0 Å². The monoisotopic (exact) mass is 454 g/mol. The van der Waals surface area contributed by atoms with Crippen molar-refractivity contribution >= 4 is 11.8 Å². The quantitative estimate of drug-likeness (QED) is 0.438. The Morgan fingerprint density at radius 2 is 1.61 bits per heavy atom. The predicted molar refractivity (Wildman–Crippen MR) is 131 cm³/mol. The number of carbonyl (C=O) groups excluding carboxylic acids is 2. The van der Waals surface area contributed by atoms with Crippen LogP contribution in [0.3, 0.4) is 0 Å². The summed E-state index contributed by atoms with van der Waals surface area (Å²) in [7, 11) is 1.62. The molecule has 2 amide bonds. The molecule has 6 heteroatoms. The minimum Gasteiger partial charge on any atom is -0.497 e. The van der Waals surface area contributed by atoms with Crippen LogP contribution in [0.1, 0.15) is 57.6 Å². The molecule has 0 aliphatic carbocycles. The topological polar surface area (TPSA) is 67.9 Å². The Labute approximate surface area is 198 Å². The number of aryl methyl sites for hydroxylation is 1. The molecule has 0 aliphatic rings. The number of hydrogen-bond acceptors (Lipinski definition) is 4. The minimum absolute atomic E-state index is 0.0514. The molecule has 33 heavy (non-hydrogen) atoms. The van der Waals surface area contributed by atoms with Crippen LogP contribution in [0.15, 0.2) is 48.5 Å². The fourth-order valence-corrected chi connectivity index (χ4v) is 3.48. The van der Waals surface area contributed by atoms with Crippen LogP contribution in [0.2, 0.25) is 0 Å². The van der Waals surface area contributed by atoms with Crippen molar-refractivity contribution in [2.45, 2.75) is 72.0 Å². The van der Waals surface area contributed by atoms with Crippen LogP contribution in [-0.4, -0.2) is 42.5 Å². The Balaban J connectivity index is 2.07. The molecular weight excluding hydrogens is 416 g/mol. The first-order chi connectivity index (χ1) is 15.9. The number of benzene rings is 2. The average molecular weight is 455 g/mol. The number of rotatable bonds is 13. The second kappa shape index (κ2) is 13.5. The van der Waals surface area contributed by atoms with E-state index in [1.165, 1.54) is 5.56 Å². The Bertz CT molecular complexity index is 865. The van der Waals surface area contributed by atoms with Crippen molar-refractivity contribution < 1.29 is 19.1 Å². The van der Waals surface area contributed by atoms with Crippen molar-refractivity contribution in [3.05, 3.63) is 59.7 Å². The molecule has 0 fully saturated rings. The summed E-state index contributed by atoms with van der Waals surface area (Å²) in [6, 6.07) is 15.0. The standard InChI is InChI=1S/C27H38N2O4/c1-6-21(4)28-27(31)25(7-2)29(19-22-12-16-23(32-5)17-13-22)26(30)9-8-18-33-24-14-10-20(3)11-15-24/h10-17,21,25H,6-9,18-19H2,1-5H3,(H,28,31)/t21-,25-/m0/s1. The molecule has 180 valence electrons. The number of nitrogens with zero attached hydrogens (tertiary/aromatic N) is 1. The third-order valence-electron chi connectivity index (χ3n) is 5.72. The minimum atomic E-state index is -0.522. The van der Waals surface area contributed by atoms with Gasteiger partial charge in [-0.1, -0.05) is 43.7 Å². The van der Waals surface area contributed by atoms with Crippen molar-refractivity contribution in [3.8, 4) is 11.5 Å². The predicted octanol–water partition coefficient (Wildman–Crippen LogP) is 4.88. The SMILES string of the molecule is CC[C@H](C)NC(=O)[C@H](CC)N(Cc1ccc(OC)cc1)C(=O)CCCOc1ccc(C)cc1. The lowest BCUT2D eigenvalue weighted by molar-refractivity contribution is -0.141. The smallest absolute Gasteiger partial charge is 0.243 e. The zero-order chi connectivity index (χ0) is 24.2. The summed E-state index contributed by atoms with van der Waals surface area (Å²) in [5.74, 6) is 1.39. The number of methoxy groups -OCH3 is 1.